The van der Waals surface area contributed by atoms with Gasteiger partial charge in [0.1, 0.15) is 30.5 Å². The van der Waals surface area contributed by atoms with Gasteiger partial charge in [0, 0.05) is 13.0 Å². The lowest BCUT2D eigenvalue weighted by Crippen LogP contribution is -2.60. The average molecular weight is 867 g/mol. The summed E-state index contributed by atoms with van der Waals surface area (Å²) in [5, 5.41) is 30.7. The lowest BCUT2D eigenvalue weighted by Gasteiger charge is -2.41. The molecule has 0 aromatic carbocycles. The normalized spacial score (nSPS) is 20.3. The van der Waals surface area contributed by atoms with Gasteiger partial charge in [-0.3, -0.25) is 9.35 Å². The highest BCUT2D eigenvalue weighted by atomic mass is 32.3. The summed E-state index contributed by atoms with van der Waals surface area (Å²) in [6.07, 6.45) is 31.4. The molecule has 6 unspecified atom stereocenters. The van der Waals surface area contributed by atoms with E-state index in [2.05, 4.69) is 18.0 Å². The van der Waals surface area contributed by atoms with E-state index in [0.717, 1.165) is 38.5 Å². The number of aliphatic hydroxyl groups excluding tert-OH is 3. The van der Waals surface area contributed by atoms with Crippen LogP contribution in [0.2, 0.25) is 0 Å². The fourth-order valence-corrected chi connectivity index (χ4v) is 8.30. The van der Waals surface area contributed by atoms with Crippen molar-refractivity contribution in [3.05, 3.63) is 0 Å². The monoisotopic (exact) mass is 867 g/mol. The fourth-order valence-electron chi connectivity index (χ4n) is 7.79. The topological polar surface area (TPSA) is 178 Å². The number of hydrogen-bond acceptors (Lipinski definition) is 11. The summed E-state index contributed by atoms with van der Waals surface area (Å²) in [7, 11) is -5.06. The first-order valence-corrected chi connectivity index (χ1v) is 25.7. The number of aliphatic hydroxyl groups is 3. The Kier molecular flexibility index (Phi) is 36.9. The summed E-state index contributed by atoms with van der Waals surface area (Å²) < 4.78 is 59.1. The number of carbonyl (C=O) groups is 1. The fraction of sp³-hybridized carbons (Fsp3) is 0.978. The van der Waals surface area contributed by atoms with E-state index >= 15 is 0 Å². The molecule has 4 N–H and O–H groups in total. The number of esters is 1. The Labute approximate surface area is 360 Å². The predicted octanol–water partition coefficient (Wildman–Crippen LogP) is 10.5. The zero-order valence-corrected chi connectivity index (χ0v) is 38.4. The zero-order chi connectivity index (χ0) is 43.2. The van der Waals surface area contributed by atoms with Crippen molar-refractivity contribution in [2.75, 3.05) is 26.4 Å². The summed E-state index contributed by atoms with van der Waals surface area (Å²) in [6.45, 7) is 4.03. The molecule has 1 fully saturated rings. The van der Waals surface area contributed by atoms with E-state index in [-0.39, 0.29) is 19.6 Å². The minimum absolute atomic E-state index is 0.0445. The molecule has 0 bridgehead atoms. The lowest BCUT2D eigenvalue weighted by atomic mass is 9.99. The van der Waals surface area contributed by atoms with Gasteiger partial charge in [-0.05, 0) is 12.8 Å². The van der Waals surface area contributed by atoms with Crippen LogP contribution < -0.4 is 0 Å². The summed E-state index contributed by atoms with van der Waals surface area (Å²) in [5.41, 5.74) is 0. The highest BCUT2D eigenvalue weighted by Gasteiger charge is 2.48. The molecule has 12 nitrogen and oxygen atoms in total. The van der Waals surface area contributed by atoms with Crippen LogP contribution in [0.1, 0.15) is 226 Å². The molecular weight excluding hydrogens is 777 g/mol. The number of rotatable bonds is 43. The van der Waals surface area contributed by atoms with Crippen LogP contribution in [0, 0.1) is 0 Å². The van der Waals surface area contributed by atoms with Gasteiger partial charge in [0.25, 0.3) is 0 Å². The maximum atomic E-state index is 12.9. The maximum absolute atomic E-state index is 12.9. The van der Waals surface area contributed by atoms with E-state index in [1.807, 2.05) is 0 Å². The van der Waals surface area contributed by atoms with Crippen molar-refractivity contribution in [1.82, 2.24) is 0 Å². The number of unbranched alkanes of at least 4 members (excludes halogenated alkanes) is 30. The van der Waals surface area contributed by atoms with Gasteiger partial charge < -0.3 is 34.3 Å². The highest BCUT2D eigenvalue weighted by molar-refractivity contribution is 7.80. The van der Waals surface area contributed by atoms with Gasteiger partial charge in [-0.1, -0.05) is 206 Å². The van der Waals surface area contributed by atoms with Crippen LogP contribution in [0.5, 0.6) is 0 Å². The van der Waals surface area contributed by atoms with E-state index in [9.17, 15) is 28.5 Å². The Hall–Kier alpha value is -0.900. The number of carbonyl (C=O) groups excluding carboxylic acids is 1. The Morgan fingerprint density at radius 2 is 0.966 bits per heavy atom. The Bertz CT molecular complexity index is 1050. The molecule has 13 heteroatoms. The third kappa shape index (κ3) is 32.4. The first-order valence-electron chi connectivity index (χ1n) is 24.3. The van der Waals surface area contributed by atoms with Crippen LogP contribution in [0.25, 0.3) is 0 Å². The lowest BCUT2D eigenvalue weighted by molar-refractivity contribution is -0.301. The Morgan fingerprint density at radius 3 is 1.36 bits per heavy atom. The predicted molar refractivity (Wildman–Crippen MR) is 235 cm³/mol. The molecule has 1 aliphatic rings. The number of ether oxygens (including phenoxy) is 4. The molecule has 1 rings (SSSR count). The van der Waals surface area contributed by atoms with Crippen molar-refractivity contribution in [2.45, 2.75) is 263 Å². The molecule has 352 valence electrons. The molecule has 1 aliphatic heterocycles. The molecule has 1 heterocycles. The van der Waals surface area contributed by atoms with Crippen LogP contribution in [0.4, 0.5) is 0 Å². The standard InChI is InChI=1S/C46H90O12S/c1-3-5-7-9-11-13-15-17-18-19-20-21-22-23-24-25-27-29-31-33-35-42(48)56-40(38-54-36-34-32-30-28-26-16-14-12-10-8-6-4-2)39-55-46-44(50)45(58-59(51,52)53)43(49)41(37-47)57-46/h40-41,43-47,49-50H,3-39H2,1-2H3,(H,51,52,53). The second kappa shape index (κ2) is 38.7. The van der Waals surface area contributed by atoms with Gasteiger partial charge in [0.2, 0.25) is 0 Å². The molecule has 1 saturated heterocycles. The van der Waals surface area contributed by atoms with E-state index < -0.39 is 59.8 Å². The highest BCUT2D eigenvalue weighted by Crippen LogP contribution is 2.26. The van der Waals surface area contributed by atoms with Crippen molar-refractivity contribution < 1.29 is 56.2 Å². The molecule has 0 saturated carbocycles. The van der Waals surface area contributed by atoms with Crippen molar-refractivity contribution in [3.8, 4) is 0 Å². The third-order valence-electron chi connectivity index (χ3n) is 11.5. The summed E-state index contributed by atoms with van der Waals surface area (Å²) >= 11 is 0. The largest absolute Gasteiger partial charge is 0.457 e. The van der Waals surface area contributed by atoms with Crippen LogP contribution in [-0.2, 0) is 38.3 Å². The van der Waals surface area contributed by atoms with E-state index in [1.54, 1.807) is 0 Å². The Balaban J connectivity index is 2.35. The number of hydrogen-bond donors (Lipinski definition) is 4. The summed E-state index contributed by atoms with van der Waals surface area (Å²) in [4.78, 5) is 12.9. The molecule has 6 atom stereocenters. The second-order valence-corrected chi connectivity index (χ2v) is 18.1. The van der Waals surface area contributed by atoms with Gasteiger partial charge >= 0.3 is 16.4 Å². The molecule has 0 aromatic heterocycles. The van der Waals surface area contributed by atoms with Gasteiger partial charge in [0.05, 0.1) is 19.8 Å². The first kappa shape index (κ1) is 56.1. The summed E-state index contributed by atoms with van der Waals surface area (Å²) in [6, 6.07) is 0. The SMILES string of the molecule is CCCCCCCCCCCCCCCCCCCCCCC(=O)OC(COCCCCCCCCCCCCCC)COC1OC(CO)C(O)C(OS(=O)(=O)O)C1O. The van der Waals surface area contributed by atoms with Gasteiger partial charge in [-0.15, -0.1) is 0 Å². The van der Waals surface area contributed by atoms with Crippen LogP contribution in [-0.4, -0.2) is 97.5 Å². The van der Waals surface area contributed by atoms with Crippen molar-refractivity contribution >= 4 is 16.4 Å². The average Bonchev–Trinajstić information content (AvgIpc) is 3.20. The second-order valence-electron chi connectivity index (χ2n) is 17.1. The van der Waals surface area contributed by atoms with E-state index in [1.165, 1.54) is 161 Å². The maximum Gasteiger partial charge on any atom is 0.397 e. The summed E-state index contributed by atoms with van der Waals surface area (Å²) in [5.74, 6) is -0.392. The van der Waals surface area contributed by atoms with Gasteiger partial charge in [-0.25, -0.2) is 4.18 Å². The van der Waals surface area contributed by atoms with Crippen molar-refractivity contribution in [1.29, 1.82) is 0 Å². The molecule has 0 aliphatic carbocycles. The van der Waals surface area contributed by atoms with Crippen LogP contribution in [0.15, 0.2) is 0 Å². The quantitative estimate of drug-likeness (QED) is 0.0259. The molecule has 59 heavy (non-hydrogen) atoms. The molecular formula is C46H90O12S. The van der Waals surface area contributed by atoms with E-state index in [4.69, 9.17) is 23.5 Å². The minimum atomic E-state index is -5.06. The molecule has 0 radical (unpaired) electrons. The van der Waals surface area contributed by atoms with Crippen molar-refractivity contribution in [2.24, 2.45) is 0 Å². The zero-order valence-electron chi connectivity index (χ0n) is 37.6. The first-order chi connectivity index (χ1) is 28.6. The minimum Gasteiger partial charge on any atom is -0.457 e. The third-order valence-corrected chi connectivity index (χ3v) is 11.9. The smallest absolute Gasteiger partial charge is 0.397 e. The van der Waals surface area contributed by atoms with Crippen LogP contribution >= 0.6 is 0 Å². The Morgan fingerprint density at radius 1 is 0.576 bits per heavy atom. The van der Waals surface area contributed by atoms with Crippen molar-refractivity contribution in [3.63, 3.8) is 0 Å². The van der Waals surface area contributed by atoms with E-state index in [0.29, 0.717) is 13.0 Å². The molecule has 0 amide bonds. The molecule has 0 aromatic rings. The van der Waals surface area contributed by atoms with Crippen LogP contribution in [0.3, 0.4) is 0 Å². The molecule has 0 spiro atoms. The van der Waals surface area contributed by atoms with Gasteiger partial charge in [-0.2, -0.15) is 8.42 Å². The van der Waals surface area contributed by atoms with Gasteiger partial charge in [0.15, 0.2) is 6.29 Å².